The van der Waals surface area contributed by atoms with Crippen molar-refractivity contribution in [1.29, 1.82) is 0 Å². The van der Waals surface area contributed by atoms with E-state index in [1.807, 2.05) is 13.8 Å². The van der Waals surface area contributed by atoms with Gasteiger partial charge in [0.1, 0.15) is 6.04 Å². The monoisotopic (exact) mass is 217 g/mol. The van der Waals surface area contributed by atoms with Gasteiger partial charge < -0.3 is 15.2 Å². The fourth-order valence-corrected chi connectivity index (χ4v) is 1.33. The quantitative estimate of drug-likeness (QED) is 0.448. The molecule has 0 fully saturated rings. The summed E-state index contributed by atoms with van der Waals surface area (Å²) in [6.45, 7) is 5.25. The smallest absolute Gasteiger partial charge is 0.323 e. The van der Waals surface area contributed by atoms with E-state index >= 15 is 0 Å². The fourth-order valence-electron chi connectivity index (χ4n) is 1.33. The summed E-state index contributed by atoms with van der Waals surface area (Å²) in [4.78, 5) is 11.4. The maximum absolute atomic E-state index is 11.4. The zero-order chi connectivity index (χ0) is 11.5. The Labute approximate surface area is 92.0 Å². The van der Waals surface area contributed by atoms with Gasteiger partial charge in [0.25, 0.3) is 0 Å². The number of hydrogen-bond donors (Lipinski definition) is 2. The third-order valence-corrected chi connectivity index (χ3v) is 2.20. The Balaban J connectivity index is 3.56. The van der Waals surface area contributed by atoms with E-state index in [0.717, 1.165) is 32.2 Å². The molecule has 0 aromatic rings. The molecule has 0 radical (unpaired) electrons. The normalized spacial score (nSPS) is 12.5. The molecule has 0 rings (SSSR count). The van der Waals surface area contributed by atoms with Crippen LogP contribution >= 0.6 is 0 Å². The number of carbonyl (C=O) groups excluding carboxylic acids is 1. The van der Waals surface area contributed by atoms with E-state index in [1.165, 1.54) is 0 Å². The molecule has 1 unspecified atom stereocenters. The molecule has 0 aromatic carbocycles. The van der Waals surface area contributed by atoms with Gasteiger partial charge in [-0.1, -0.05) is 6.92 Å². The Bertz CT molecular complexity index is 162. The second kappa shape index (κ2) is 9.93. The predicted octanol–water partition coefficient (Wildman–Crippen LogP) is 1.08. The van der Waals surface area contributed by atoms with E-state index in [-0.39, 0.29) is 18.6 Å². The van der Waals surface area contributed by atoms with Gasteiger partial charge in [0, 0.05) is 6.61 Å². The molecule has 4 nitrogen and oxygen atoms in total. The number of carbonyl (C=O) groups is 1. The number of unbranched alkanes of at least 4 members (excludes halogenated alkanes) is 2. The number of nitrogens with one attached hydrogen (secondary N) is 1. The Morgan fingerprint density at radius 3 is 2.60 bits per heavy atom. The van der Waals surface area contributed by atoms with Crippen LogP contribution in [0.5, 0.6) is 0 Å². The van der Waals surface area contributed by atoms with Gasteiger partial charge >= 0.3 is 5.97 Å². The topological polar surface area (TPSA) is 58.6 Å². The first-order chi connectivity index (χ1) is 7.26. The lowest BCUT2D eigenvalue weighted by Gasteiger charge is -2.14. The maximum Gasteiger partial charge on any atom is 0.323 e. The van der Waals surface area contributed by atoms with Gasteiger partial charge in [-0.2, -0.15) is 0 Å². The minimum Gasteiger partial charge on any atom is -0.465 e. The molecule has 0 spiro atoms. The van der Waals surface area contributed by atoms with E-state index in [4.69, 9.17) is 9.84 Å². The van der Waals surface area contributed by atoms with Gasteiger partial charge in [-0.05, 0) is 39.2 Å². The largest absolute Gasteiger partial charge is 0.465 e. The number of aliphatic hydroxyl groups excluding tert-OH is 1. The van der Waals surface area contributed by atoms with Crippen LogP contribution in [-0.4, -0.2) is 36.9 Å². The lowest BCUT2D eigenvalue weighted by molar-refractivity contribution is -0.145. The van der Waals surface area contributed by atoms with E-state index in [2.05, 4.69) is 5.32 Å². The second-order valence-corrected chi connectivity index (χ2v) is 3.45. The summed E-state index contributed by atoms with van der Waals surface area (Å²) in [5, 5.41) is 11.7. The molecule has 0 aromatic heterocycles. The zero-order valence-corrected chi connectivity index (χ0v) is 9.79. The van der Waals surface area contributed by atoms with Crippen molar-refractivity contribution in [3.05, 3.63) is 0 Å². The predicted molar refractivity (Wildman–Crippen MR) is 59.7 cm³/mol. The van der Waals surface area contributed by atoms with Crippen LogP contribution in [0.25, 0.3) is 0 Å². The summed E-state index contributed by atoms with van der Waals surface area (Å²) in [6.07, 6.45) is 3.55. The molecule has 0 aliphatic heterocycles. The van der Waals surface area contributed by atoms with Crippen LogP contribution in [0, 0.1) is 0 Å². The minimum atomic E-state index is -0.181. The summed E-state index contributed by atoms with van der Waals surface area (Å²) < 4.78 is 4.93. The van der Waals surface area contributed by atoms with Crippen molar-refractivity contribution in [3.8, 4) is 0 Å². The van der Waals surface area contributed by atoms with Crippen LogP contribution in [0.3, 0.4) is 0 Å². The molecule has 0 amide bonds. The van der Waals surface area contributed by atoms with Gasteiger partial charge in [-0.3, -0.25) is 4.79 Å². The van der Waals surface area contributed by atoms with Crippen LogP contribution < -0.4 is 5.32 Å². The summed E-state index contributed by atoms with van der Waals surface area (Å²) in [7, 11) is 0. The molecule has 0 saturated heterocycles. The maximum atomic E-state index is 11.4. The van der Waals surface area contributed by atoms with E-state index < -0.39 is 0 Å². The highest BCUT2D eigenvalue weighted by Gasteiger charge is 2.15. The average Bonchev–Trinajstić information content (AvgIpc) is 2.23. The summed E-state index contributed by atoms with van der Waals surface area (Å²) in [6, 6.07) is -0.181. The molecule has 0 saturated carbocycles. The first kappa shape index (κ1) is 14.4. The molecule has 0 heterocycles. The molecular weight excluding hydrogens is 194 g/mol. The van der Waals surface area contributed by atoms with E-state index in [0.29, 0.717) is 6.61 Å². The highest BCUT2D eigenvalue weighted by Crippen LogP contribution is 1.97. The standard InChI is InChI=1S/C11H23NO3/c1-3-10(11(14)15-4-2)12-8-6-5-7-9-13/h10,12-13H,3-9H2,1-2H3. The van der Waals surface area contributed by atoms with Crippen LogP contribution in [0.15, 0.2) is 0 Å². The molecule has 90 valence electrons. The van der Waals surface area contributed by atoms with Crippen LogP contribution in [0.4, 0.5) is 0 Å². The Morgan fingerprint density at radius 2 is 2.07 bits per heavy atom. The lowest BCUT2D eigenvalue weighted by atomic mass is 10.2. The van der Waals surface area contributed by atoms with E-state index in [1.54, 1.807) is 0 Å². The highest BCUT2D eigenvalue weighted by molar-refractivity contribution is 5.75. The van der Waals surface area contributed by atoms with Gasteiger partial charge in [0.15, 0.2) is 0 Å². The summed E-state index contributed by atoms with van der Waals surface area (Å²) in [5.41, 5.74) is 0. The molecule has 0 bridgehead atoms. The van der Waals surface area contributed by atoms with Crippen LogP contribution in [0.1, 0.15) is 39.5 Å². The van der Waals surface area contributed by atoms with Crippen LogP contribution in [-0.2, 0) is 9.53 Å². The van der Waals surface area contributed by atoms with Gasteiger partial charge in [0.2, 0.25) is 0 Å². The number of ether oxygens (including phenoxy) is 1. The molecule has 4 heteroatoms. The highest BCUT2D eigenvalue weighted by atomic mass is 16.5. The van der Waals surface area contributed by atoms with Gasteiger partial charge in [-0.15, -0.1) is 0 Å². The molecular formula is C11H23NO3. The minimum absolute atomic E-state index is 0.165. The molecule has 15 heavy (non-hydrogen) atoms. The second-order valence-electron chi connectivity index (χ2n) is 3.45. The third kappa shape index (κ3) is 7.33. The van der Waals surface area contributed by atoms with Crippen molar-refractivity contribution in [2.45, 2.75) is 45.6 Å². The van der Waals surface area contributed by atoms with Crippen molar-refractivity contribution in [3.63, 3.8) is 0 Å². The molecule has 0 aliphatic rings. The van der Waals surface area contributed by atoms with Crippen molar-refractivity contribution in [1.82, 2.24) is 5.32 Å². The first-order valence-corrected chi connectivity index (χ1v) is 5.77. The molecule has 2 N–H and O–H groups in total. The van der Waals surface area contributed by atoms with Gasteiger partial charge in [0.05, 0.1) is 6.61 Å². The SMILES string of the molecule is CCOC(=O)C(CC)NCCCCCO. The zero-order valence-electron chi connectivity index (χ0n) is 9.79. The number of hydrogen-bond acceptors (Lipinski definition) is 4. The Hall–Kier alpha value is -0.610. The van der Waals surface area contributed by atoms with Crippen molar-refractivity contribution in [2.24, 2.45) is 0 Å². The van der Waals surface area contributed by atoms with Crippen molar-refractivity contribution in [2.75, 3.05) is 19.8 Å². The van der Waals surface area contributed by atoms with Crippen LogP contribution in [0.2, 0.25) is 0 Å². The molecule has 0 aliphatic carbocycles. The summed E-state index contributed by atoms with van der Waals surface area (Å²) >= 11 is 0. The number of rotatable bonds is 9. The summed E-state index contributed by atoms with van der Waals surface area (Å²) in [5.74, 6) is -0.165. The Kier molecular flexibility index (Phi) is 9.52. The molecule has 1 atom stereocenters. The van der Waals surface area contributed by atoms with Gasteiger partial charge in [-0.25, -0.2) is 0 Å². The first-order valence-electron chi connectivity index (χ1n) is 5.77. The average molecular weight is 217 g/mol. The number of aliphatic hydroxyl groups is 1. The number of esters is 1. The Morgan fingerprint density at radius 1 is 1.33 bits per heavy atom. The van der Waals surface area contributed by atoms with E-state index in [9.17, 15) is 4.79 Å². The van der Waals surface area contributed by atoms with Crippen molar-refractivity contribution >= 4 is 5.97 Å². The fraction of sp³-hybridized carbons (Fsp3) is 0.909. The van der Waals surface area contributed by atoms with Crippen molar-refractivity contribution < 1.29 is 14.6 Å². The third-order valence-electron chi connectivity index (χ3n) is 2.20. The lowest BCUT2D eigenvalue weighted by Crippen LogP contribution is -2.38.